The average Bonchev–Trinajstić information content (AvgIpc) is 2.76. The first-order valence-electron chi connectivity index (χ1n) is 9.07. The molecule has 1 aliphatic carbocycles. The fourth-order valence-electron chi connectivity index (χ4n) is 4.03. The number of allylic oxidation sites excluding steroid dienone is 1. The van der Waals surface area contributed by atoms with Gasteiger partial charge in [0.1, 0.15) is 6.07 Å². The number of nitrogens with zero attached hydrogens (tertiary/aromatic N) is 1. The SMILES string of the molecule is CC1(C)CC(=O)C2=C(C1)Nc1cccc(C#N)c1NC2c1ccc(Cl)cc1Cl. The third-order valence-corrected chi connectivity index (χ3v) is 5.80. The fourth-order valence-corrected chi connectivity index (χ4v) is 4.55. The van der Waals surface area contributed by atoms with Crippen LogP contribution in [0.25, 0.3) is 0 Å². The number of carbonyl (C=O) groups is 1. The summed E-state index contributed by atoms with van der Waals surface area (Å²) >= 11 is 12.6. The molecule has 0 saturated heterocycles. The Hall–Kier alpha value is -2.48. The summed E-state index contributed by atoms with van der Waals surface area (Å²) in [6.07, 6.45) is 1.19. The van der Waals surface area contributed by atoms with E-state index in [0.29, 0.717) is 33.3 Å². The lowest BCUT2D eigenvalue weighted by Gasteiger charge is -2.34. The lowest BCUT2D eigenvalue weighted by atomic mass is 9.73. The van der Waals surface area contributed by atoms with Crippen LogP contribution in [0.5, 0.6) is 0 Å². The highest BCUT2D eigenvalue weighted by atomic mass is 35.5. The maximum absolute atomic E-state index is 13.2. The van der Waals surface area contributed by atoms with Gasteiger partial charge in [-0.2, -0.15) is 5.26 Å². The molecule has 4 nitrogen and oxygen atoms in total. The van der Waals surface area contributed by atoms with E-state index in [1.165, 1.54) is 0 Å². The highest BCUT2D eigenvalue weighted by Crippen LogP contribution is 2.47. The summed E-state index contributed by atoms with van der Waals surface area (Å²) in [6.45, 7) is 4.18. The Bertz CT molecular complexity index is 1070. The van der Waals surface area contributed by atoms with Gasteiger partial charge < -0.3 is 10.6 Å². The second kappa shape index (κ2) is 6.84. The van der Waals surface area contributed by atoms with Crippen molar-refractivity contribution in [3.05, 3.63) is 68.8 Å². The van der Waals surface area contributed by atoms with Gasteiger partial charge in [0, 0.05) is 27.7 Å². The average molecular weight is 412 g/mol. The molecule has 2 aromatic carbocycles. The number of fused-ring (bicyclic) bond motifs is 1. The van der Waals surface area contributed by atoms with Crippen molar-refractivity contribution in [2.75, 3.05) is 10.6 Å². The van der Waals surface area contributed by atoms with Crippen LogP contribution in [0.4, 0.5) is 11.4 Å². The summed E-state index contributed by atoms with van der Waals surface area (Å²) in [7, 11) is 0. The van der Waals surface area contributed by atoms with Crippen LogP contribution in [0.15, 0.2) is 47.7 Å². The monoisotopic (exact) mass is 411 g/mol. The Labute approximate surface area is 174 Å². The molecule has 4 rings (SSSR count). The van der Waals surface area contributed by atoms with Gasteiger partial charge in [0.05, 0.1) is 23.0 Å². The zero-order valence-electron chi connectivity index (χ0n) is 15.6. The zero-order valence-corrected chi connectivity index (χ0v) is 17.1. The van der Waals surface area contributed by atoms with Crippen molar-refractivity contribution in [2.45, 2.75) is 32.7 Å². The molecule has 0 saturated carbocycles. The number of benzene rings is 2. The van der Waals surface area contributed by atoms with E-state index < -0.39 is 6.04 Å². The van der Waals surface area contributed by atoms with Gasteiger partial charge in [-0.25, -0.2) is 0 Å². The number of nitrogens with one attached hydrogen (secondary N) is 2. The van der Waals surface area contributed by atoms with Crippen molar-refractivity contribution in [1.29, 1.82) is 5.26 Å². The Kier molecular flexibility index (Phi) is 4.61. The van der Waals surface area contributed by atoms with Crippen LogP contribution in [-0.4, -0.2) is 5.78 Å². The van der Waals surface area contributed by atoms with Crippen molar-refractivity contribution in [3.8, 4) is 6.07 Å². The van der Waals surface area contributed by atoms with Crippen LogP contribution in [-0.2, 0) is 4.79 Å². The Morgan fingerprint density at radius 1 is 1.18 bits per heavy atom. The number of rotatable bonds is 1. The van der Waals surface area contributed by atoms with E-state index >= 15 is 0 Å². The topological polar surface area (TPSA) is 64.9 Å². The molecule has 0 fully saturated rings. The van der Waals surface area contributed by atoms with Gasteiger partial charge in [-0.15, -0.1) is 0 Å². The molecule has 1 heterocycles. The molecule has 0 radical (unpaired) electrons. The Morgan fingerprint density at radius 2 is 1.96 bits per heavy atom. The molecular weight excluding hydrogens is 393 g/mol. The first kappa shape index (κ1) is 18.9. The van der Waals surface area contributed by atoms with E-state index in [0.717, 1.165) is 23.4 Å². The summed E-state index contributed by atoms with van der Waals surface area (Å²) in [4.78, 5) is 13.2. The standard InChI is InChI=1S/C22H19Cl2N3O/c1-22(2)9-17-19(18(28)10-22)21(14-7-6-13(23)8-15(14)24)27-20-12(11-25)4-3-5-16(20)26-17/h3-8,21,26-27H,9-10H2,1-2H3. The van der Waals surface area contributed by atoms with Gasteiger partial charge in [0.2, 0.25) is 0 Å². The van der Waals surface area contributed by atoms with Crippen molar-refractivity contribution in [1.82, 2.24) is 0 Å². The molecule has 142 valence electrons. The number of hydrogen-bond acceptors (Lipinski definition) is 4. The maximum Gasteiger partial charge on any atom is 0.163 e. The lowest BCUT2D eigenvalue weighted by molar-refractivity contribution is -0.118. The largest absolute Gasteiger partial charge is 0.371 e. The zero-order chi connectivity index (χ0) is 20.1. The van der Waals surface area contributed by atoms with E-state index in [9.17, 15) is 10.1 Å². The van der Waals surface area contributed by atoms with Gasteiger partial charge in [0.15, 0.2) is 5.78 Å². The number of Topliss-reactive ketones (excluding diaryl/α,β-unsaturated/α-hetero) is 1. The quantitative estimate of drug-likeness (QED) is 0.595. The van der Waals surface area contributed by atoms with Crippen LogP contribution < -0.4 is 10.6 Å². The van der Waals surface area contributed by atoms with Crippen molar-refractivity contribution in [2.24, 2.45) is 5.41 Å². The van der Waals surface area contributed by atoms with E-state index in [-0.39, 0.29) is 11.2 Å². The van der Waals surface area contributed by atoms with Crippen LogP contribution in [0.1, 0.15) is 43.9 Å². The number of anilines is 2. The Balaban J connectivity index is 1.95. The first-order valence-corrected chi connectivity index (χ1v) is 9.82. The molecular formula is C22H19Cl2N3O. The van der Waals surface area contributed by atoms with Crippen LogP contribution >= 0.6 is 23.2 Å². The molecule has 2 aliphatic rings. The predicted molar refractivity (Wildman–Crippen MR) is 113 cm³/mol. The molecule has 1 aliphatic heterocycles. The summed E-state index contributed by atoms with van der Waals surface area (Å²) in [5.41, 5.74) is 4.11. The number of nitriles is 1. The number of halogens is 2. The van der Waals surface area contributed by atoms with Crippen LogP contribution in [0.2, 0.25) is 10.0 Å². The smallest absolute Gasteiger partial charge is 0.163 e. The molecule has 2 aromatic rings. The summed E-state index contributed by atoms with van der Waals surface area (Å²) in [6, 6.07) is 12.5. The van der Waals surface area contributed by atoms with Crippen molar-refractivity contribution in [3.63, 3.8) is 0 Å². The van der Waals surface area contributed by atoms with E-state index in [1.54, 1.807) is 18.2 Å². The van der Waals surface area contributed by atoms with E-state index in [2.05, 4.69) is 30.6 Å². The second-order valence-electron chi connectivity index (χ2n) is 8.04. The van der Waals surface area contributed by atoms with Crippen molar-refractivity contribution >= 4 is 40.4 Å². The molecule has 1 unspecified atom stereocenters. The Morgan fingerprint density at radius 3 is 2.68 bits per heavy atom. The minimum atomic E-state index is -0.466. The third kappa shape index (κ3) is 3.26. The van der Waals surface area contributed by atoms with Gasteiger partial charge >= 0.3 is 0 Å². The molecule has 1 atom stereocenters. The minimum Gasteiger partial charge on any atom is -0.371 e. The highest BCUT2D eigenvalue weighted by molar-refractivity contribution is 6.35. The van der Waals surface area contributed by atoms with Gasteiger partial charge in [-0.3, -0.25) is 4.79 Å². The highest BCUT2D eigenvalue weighted by Gasteiger charge is 2.39. The predicted octanol–water partition coefficient (Wildman–Crippen LogP) is 6.09. The molecule has 0 spiro atoms. The second-order valence-corrected chi connectivity index (χ2v) is 8.88. The maximum atomic E-state index is 13.2. The molecule has 28 heavy (non-hydrogen) atoms. The van der Waals surface area contributed by atoms with Gasteiger partial charge in [-0.1, -0.05) is 49.2 Å². The normalized spacial score (nSPS) is 20.2. The molecule has 2 N–H and O–H groups in total. The summed E-state index contributed by atoms with van der Waals surface area (Å²) in [5, 5.41) is 17.4. The first-order chi connectivity index (χ1) is 13.3. The van der Waals surface area contributed by atoms with Crippen molar-refractivity contribution < 1.29 is 4.79 Å². The molecule has 0 aromatic heterocycles. The minimum absolute atomic E-state index is 0.0774. The van der Waals surface area contributed by atoms with E-state index in [1.807, 2.05) is 18.2 Å². The summed E-state index contributed by atoms with van der Waals surface area (Å²) < 4.78 is 0. The summed E-state index contributed by atoms with van der Waals surface area (Å²) in [5.74, 6) is 0.0774. The third-order valence-electron chi connectivity index (χ3n) is 5.24. The molecule has 0 amide bonds. The van der Waals surface area contributed by atoms with Gasteiger partial charge in [-0.05, 0) is 41.7 Å². The molecule has 6 heteroatoms. The lowest BCUT2D eigenvalue weighted by Crippen LogP contribution is -2.31. The van der Waals surface area contributed by atoms with E-state index in [4.69, 9.17) is 23.2 Å². The number of carbonyl (C=O) groups excluding carboxylic acids is 1. The van der Waals surface area contributed by atoms with Crippen LogP contribution in [0.3, 0.4) is 0 Å². The number of hydrogen-bond donors (Lipinski definition) is 2. The fraction of sp³-hybridized carbons (Fsp3) is 0.273. The number of para-hydroxylation sites is 1. The van der Waals surface area contributed by atoms with Crippen LogP contribution in [0, 0.1) is 16.7 Å². The number of ketones is 1. The van der Waals surface area contributed by atoms with Gasteiger partial charge in [0.25, 0.3) is 0 Å². The molecule has 0 bridgehead atoms.